The Morgan fingerprint density at radius 3 is 3.19 bits per heavy atom. The van der Waals surface area contributed by atoms with Crippen LogP contribution in [0.4, 0.5) is 11.5 Å². The van der Waals surface area contributed by atoms with E-state index in [2.05, 4.69) is 27.1 Å². The van der Waals surface area contributed by atoms with Gasteiger partial charge in [0.1, 0.15) is 6.33 Å². The fourth-order valence-electron chi connectivity index (χ4n) is 3.60. The van der Waals surface area contributed by atoms with E-state index in [0.29, 0.717) is 5.95 Å². The van der Waals surface area contributed by atoms with E-state index < -0.39 is 0 Å². The molecule has 2 aliphatic heterocycles. The van der Waals surface area contributed by atoms with Gasteiger partial charge in [0.05, 0.1) is 23.6 Å². The summed E-state index contributed by atoms with van der Waals surface area (Å²) in [6.07, 6.45) is 10.3. The van der Waals surface area contributed by atoms with E-state index in [9.17, 15) is 0 Å². The molecule has 2 aromatic heterocycles. The van der Waals surface area contributed by atoms with Gasteiger partial charge in [-0.2, -0.15) is 4.98 Å². The minimum atomic E-state index is -0.0832. The minimum absolute atomic E-state index is 0.0342. The fourth-order valence-corrected chi connectivity index (χ4v) is 3.60. The zero-order valence-electron chi connectivity index (χ0n) is 12.0. The third-order valence-corrected chi connectivity index (χ3v) is 4.78. The molecule has 0 aliphatic carbocycles. The molecule has 1 saturated heterocycles. The Bertz CT molecular complexity index is 653. The van der Waals surface area contributed by atoms with Crippen LogP contribution >= 0.6 is 0 Å². The van der Waals surface area contributed by atoms with Crippen molar-refractivity contribution in [3.8, 4) is 5.95 Å². The summed E-state index contributed by atoms with van der Waals surface area (Å²) in [6.45, 7) is 3.19. The Kier molecular flexibility index (Phi) is 2.65. The van der Waals surface area contributed by atoms with Crippen LogP contribution in [0.3, 0.4) is 0 Å². The van der Waals surface area contributed by atoms with Crippen molar-refractivity contribution in [1.29, 1.82) is 0 Å². The number of anilines is 2. The highest BCUT2D eigenvalue weighted by Crippen LogP contribution is 2.44. The van der Waals surface area contributed by atoms with Crippen LogP contribution in [0, 0.1) is 0 Å². The lowest BCUT2D eigenvalue weighted by Crippen LogP contribution is -2.63. The molecule has 0 aromatic carbocycles. The second-order valence-electron chi connectivity index (χ2n) is 5.71. The summed E-state index contributed by atoms with van der Waals surface area (Å²) in [5.74, 6) is 1.59. The maximum Gasteiger partial charge on any atom is 0.236 e. The van der Waals surface area contributed by atoms with E-state index >= 15 is 0 Å². The second kappa shape index (κ2) is 4.42. The van der Waals surface area contributed by atoms with Crippen molar-refractivity contribution >= 4 is 11.5 Å². The molecule has 2 aromatic rings. The van der Waals surface area contributed by atoms with Crippen molar-refractivity contribution in [1.82, 2.24) is 19.5 Å². The molecule has 7 heteroatoms. The molecular weight excluding hydrogens is 266 g/mol. The van der Waals surface area contributed by atoms with E-state index in [0.717, 1.165) is 37.3 Å². The Balaban J connectivity index is 1.83. The molecule has 4 rings (SSSR count). The summed E-state index contributed by atoms with van der Waals surface area (Å²) in [5.41, 5.74) is 7.27. The molecule has 2 aliphatic rings. The highest BCUT2D eigenvalue weighted by Gasteiger charge is 2.49. The van der Waals surface area contributed by atoms with Crippen LogP contribution in [0.1, 0.15) is 26.2 Å². The average Bonchev–Trinajstić information content (AvgIpc) is 3.17. The first-order valence-electron chi connectivity index (χ1n) is 7.40. The van der Waals surface area contributed by atoms with Crippen LogP contribution in [0.2, 0.25) is 0 Å². The molecule has 2 atom stereocenters. The average molecular weight is 285 g/mol. The maximum absolute atomic E-state index is 6.39. The van der Waals surface area contributed by atoms with Crippen LogP contribution in [0.15, 0.2) is 24.9 Å². The molecule has 21 heavy (non-hydrogen) atoms. The summed E-state index contributed by atoms with van der Waals surface area (Å²) < 4.78 is 1.82. The van der Waals surface area contributed by atoms with Gasteiger partial charge in [-0.05, 0) is 19.3 Å². The number of rotatable bonds is 2. The van der Waals surface area contributed by atoms with Gasteiger partial charge < -0.3 is 16.0 Å². The predicted octanol–water partition coefficient (Wildman–Crippen LogP) is 1.12. The number of imidazole rings is 1. The molecule has 3 N–H and O–H groups in total. The molecule has 0 amide bonds. The van der Waals surface area contributed by atoms with E-state index in [-0.39, 0.29) is 11.7 Å². The molecule has 0 bridgehead atoms. The zero-order valence-corrected chi connectivity index (χ0v) is 12.0. The summed E-state index contributed by atoms with van der Waals surface area (Å²) >= 11 is 0. The Hall–Kier alpha value is -2.15. The van der Waals surface area contributed by atoms with Gasteiger partial charge in [0.15, 0.2) is 5.82 Å². The summed E-state index contributed by atoms with van der Waals surface area (Å²) in [6, 6.07) is 0. The number of hydrogen-bond acceptors (Lipinski definition) is 6. The van der Waals surface area contributed by atoms with Crippen LogP contribution in [-0.4, -0.2) is 37.8 Å². The van der Waals surface area contributed by atoms with Gasteiger partial charge in [-0.1, -0.05) is 6.92 Å². The van der Waals surface area contributed by atoms with Crippen LogP contribution in [-0.2, 0) is 0 Å². The van der Waals surface area contributed by atoms with Crippen molar-refractivity contribution in [2.24, 2.45) is 5.73 Å². The van der Waals surface area contributed by atoms with Gasteiger partial charge in [-0.15, -0.1) is 0 Å². The summed E-state index contributed by atoms with van der Waals surface area (Å²) in [4.78, 5) is 15.6. The van der Waals surface area contributed by atoms with E-state index in [4.69, 9.17) is 10.7 Å². The Labute approximate surface area is 123 Å². The molecule has 0 saturated carbocycles. The lowest BCUT2D eigenvalue weighted by molar-refractivity contribution is 0.344. The number of nitrogens with one attached hydrogen (secondary N) is 1. The summed E-state index contributed by atoms with van der Waals surface area (Å²) in [7, 11) is 0. The molecule has 7 nitrogen and oxygen atoms in total. The fraction of sp³-hybridized carbons (Fsp3) is 0.500. The molecular formula is C14H19N7. The predicted molar refractivity (Wildman–Crippen MR) is 80.4 cm³/mol. The first-order valence-corrected chi connectivity index (χ1v) is 7.40. The maximum atomic E-state index is 6.39. The first-order chi connectivity index (χ1) is 10.2. The largest absolute Gasteiger partial charge is 0.364 e. The van der Waals surface area contributed by atoms with Crippen molar-refractivity contribution in [3.05, 3.63) is 24.9 Å². The van der Waals surface area contributed by atoms with Gasteiger partial charge in [0, 0.05) is 18.9 Å². The monoisotopic (exact) mass is 285 g/mol. The standard InChI is InChI=1S/C14H19N7/c1-2-14-4-3-6-21(14)11-10(18-12(14)15)8-17-13(19-11)20-7-5-16-9-20/h5,7-9,12,18H,2-4,6,15H2,1H3/t12?,14-/m0/s1. The molecule has 1 fully saturated rings. The second-order valence-corrected chi connectivity index (χ2v) is 5.71. The van der Waals surface area contributed by atoms with Crippen molar-refractivity contribution in [2.45, 2.75) is 37.9 Å². The van der Waals surface area contributed by atoms with Crippen LogP contribution in [0.25, 0.3) is 5.95 Å². The van der Waals surface area contributed by atoms with Crippen LogP contribution in [0.5, 0.6) is 0 Å². The van der Waals surface area contributed by atoms with E-state index in [1.165, 1.54) is 0 Å². The highest BCUT2D eigenvalue weighted by molar-refractivity contribution is 5.71. The molecule has 1 unspecified atom stereocenters. The molecule has 110 valence electrons. The van der Waals surface area contributed by atoms with Gasteiger partial charge >= 0.3 is 0 Å². The van der Waals surface area contributed by atoms with Crippen LogP contribution < -0.4 is 16.0 Å². The van der Waals surface area contributed by atoms with Gasteiger partial charge in [0.25, 0.3) is 0 Å². The minimum Gasteiger partial charge on any atom is -0.364 e. The topological polar surface area (TPSA) is 84.9 Å². The normalized spacial score (nSPS) is 27.1. The number of nitrogens with two attached hydrogens (primary N) is 1. The molecule has 0 spiro atoms. The number of fused-ring (bicyclic) bond motifs is 3. The zero-order chi connectivity index (χ0) is 14.4. The quantitative estimate of drug-likeness (QED) is 0.860. The van der Waals surface area contributed by atoms with Gasteiger partial charge in [0.2, 0.25) is 5.95 Å². The summed E-state index contributed by atoms with van der Waals surface area (Å²) in [5, 5.41) is 3.38. The van der Waals surface area contributed by atoms with Gasteiger partial charge in [-0.25, -0.2) is 9.97 Å². The molecule has 0 radical (unpaired) electrons. The smallest absolute Gasteiger partial charge is 0.236 e. The number of aromatic nitrogens is 4. The van der Waals surface area contributed by atoms with E-state index in [1.807, 2.05) is 17.0 Å². The third-order valence-electron chi connectivity index (χ3n) is 4.78. The van der Waals surface area contributed by atoms with Gasteiger partial charge in [-0.3, -0.25) is 4.57 Å². The number of hydrogen-bond donors (Lipinski definition) is 2. The molecule has 4 heterocycles. The lowest BCUT2D eigenvalue weighted by atomic mass is 9.87. The lowest BCUT2D eigenvalue weighted by Gasteiger charge is -2.47. The van der Waals surface area contributed by atoms with Crippen molar-refractivity contribution < 1.29 is 0 Å². The van der Waals surface area contributed by atoms with Crippen molar-refractivity contribution in [3.63, 3.8) is 0 Å². The third kappa shape index (κ3) is 1.67. The van der Waals surface area contributed by atoms with Crippen molar-refractivity contribution in [2.75, 3.05) is 16.8 Å². The number of nitrogens with zero attached hydrogens (tertiary/aromatic N) is 5. The van der Waals surface area contributed by atoms with E-state index in [1.54, 1.807) is 12.5 Å². The Morgan fingerprint density at radius 2 is 2.43 bits per heavy atom. The highest BCUT2D eigenvalue weighted by atomic mass is 15.4. The Morgan fingerprint density at radius 1 is 1.52 bits per heavy atom. The first kappa shape index (κ1) is 12.6. The SMILES string of the molecule is CC[C@@]12CCCN1c1nc(-n3ccnc3)ncc1NC2N.